The Labute approximate surface area is 186 Å². The standard InChI is InChI=1S/C23H18BrN3O4/c1-3-30-23(29)16-6-4-15(5-7-16)21-11-9-18(31-21)13-25-27-14(2)26-20-10-8-17(24)12-19(20)22(27)28/h4-13H,3H2,1-2H3. The molecular weight excluding hydrogens is 462 g/mol. The fourth-order valence-corrected chi connectivity index (χ4v) is 3.43. The van der Waals surface area contributed by atoms with Gasteiger partial charge in [-0.3, -0.25) is 4.79 Å². The lowest BCUT2D eigenvalue weighted by atomic mass is 10.1. The van der Waals surface area contributed by atoms with Crippen LogP contribution in [0.3, 0.4) is 0 Å². The number of carbonyl (C=O) groups excluding carboxylic acids is 1. The van der Waals surface area contributed by atoms with Gasteiger partial charge in [0.15, 0.2) is 0 Å². The van der Waals surface area contributed by atoms with Crippen molar-refractivity contribution in [1.29, 1.82) is 0 Å². The van der Waals surface area contributed by atoms with Crippen LogP contribution in [-0.2, 0) is 4.74 Å². The average Bonchev–Trinajstić information content (AvgIpc) is 3.23. The molecule has 4 aromatic rings. The summed E-state index contributed by atoms with van der Waals surface area (Å²) in [5.41, 5.74) is 1.63. The van der Waals surface area contributed by atoms with Crippen LogP contribution in [0.4, 0.5) is 0 Å². The molecule has 2 aromatic carbocycles. The molecule has 0 saturated carbocycles. The summed E-state index contributed by atoms with van der Waals surface area (Å²) in [6, 6.07) is 15.8. The van der Waals surface area contributed by atoms with Gasteiger partial charge >= 0.3 is 5.97 Å². The van der Waals surface area contributed by atoms with Crippen LogP contribution < -0.4 is 5.56 Å². The van der Waals surface area contributed by atoms with E-state index in [1.807, 2.05) is 6.07 Å². The number of esters is 1. The second-order valence-corrected chi connectivity index (χ2v) is 7.60. The highest BCUT2D eigenvalue weighted by atomic mass is 79.9. The first-order valence-electron chi connectivity index (χ1n) is 9.57. The van der Waals surface area contributed by atoms with Crippen LogP contribution in [-0.4, -0.2) is 28.5 Å². The average molecular weight is 480 g/mol. The highest BCUT2D eigenvalue weighted by Crippen LogP contribution is 2.22. The molecule has 0 amide bonds. The quantitative estimate of drug-likeness (QED) is 0.303. The number of aryl methyl sites for hydroxylation is 1. The first kappa shape index (κ1) is 20.7. The van der Waals surface area contributed by atoms with Crippen LogP contribution >= 0.6 is 15.9 Å². The molecule has 0 aliphatic carbocycles. The molecule has 2 aromatic heterocycles. The maximum Gasteiger partial charge on any atom is 0.338 e. The first-order valence-corrected chi connectivity index (χ1v) is 10.4. The van der Waals surface area contributed by atoms with Gasteiger partial charge in [0.25, 0.3) is 5.56 Å². The Balaban J connectivity index is 1.59. The molecule has 156 valence electrons. The van der Waals surface area contributed by atoms with Crippen molar-refractivity contribution in [3.8, 4) is 11.3 Å². The van der Waals surface area contributed by atoms with Crippen LogP contribution in [0.25, 0.3) is 22.2 Å². The van der Waals surface area contributed by atoms with Gasteiger partial charge in [0.1, 0.15) is 17.3 Å². The van der Waals surface area contributed by atoms with Crippen molar-refractivity contribution >= 4 is 39.0 Å². The number of aromatic nitrogens is 2. The van der Waals surface area contributed by atoms with E-state index in [-0.39, 0.29) is 11.5 Å². The van der Waals surface area contributed by atoms with E-state index >= 15 is 0 Å². The normalized spacial score (nSPS) is 11.3. The lowest BCUT2D eigenvalue weighted by molar-refractivity contribution is 0.0526. The van der Waals surface area contributed by atoms with Gasteiger partial charge in [0.05, 0.1) is 29.3 Å². The van der Waals surface area contributed by atoms with Crippen LogP contribution in [0.5, 0.6) is 0 Å². The monoisotopic (exact) mass is 479 g/mol. The van der Waals surface area contributed by atoms with Gasteiger partial charge in [-0.15, -0.1) is 0 Å². The fraction of sp³-hybridized carbons (Fsp3) is 0.130. The number of hydrogen-bond acceptors (Lipinski definition) is 6. The maximum atomic E-state index is 12.8. The third kappa shape index (κ3) is 4.34. The lowest BCUT2D eigenvalue weighted by Crippen LogP contribution is -2.20. The number of halogens is 1. The van der Waals surface area contributed by atoms with Gasteiger partial charge in [-0.05, 0) is 56.3 Å². The molecule has 0 aliphatic heterocycles. The second-order valence-electron chi connectivity index (χ2n) is 6.68. The molecule has 2 heterocycles. The van der Waals surface area contributed by atoms with Gasteiger partial charge < -0.3 is 9.15 Å². The molecule has 0 aliphatic rings. The minimum absolute atomic E-state index is 0.263. The predicted octanol–water partition coefficient (Wildman–Crippen LogP) is 4.79. The number of benzene rings is 2. The summed E-state index contributed by atoms with van der Waals surface area (Å²) in [7, 11) is 0. The molecule has 0 unspecified atom stereocenters. The minimum atomic E-state index is -0.363. The Hall–Kier alpha value is -3.52. The molecule has 0 N–H and O–H groups in total. The number of hydrogen-bond donors (Lipinski definition) is 0. The molecule has 0 saturated heterocycles. The van der Waals surface area contributed by atoms with Crippen molar-refractivity contribution in [3.05, 3.63) is 86.6 Å². The summed E-state index contributed by atoms with van der Waals surface area (Å²) in [4.78, 5) is 29.0. The fourth-order valence-electron chi connectivity index (χ4n) is 3.07. The van der Waals surface area contributed by atoms with Gasteiger partial charge in [-0.2, -0.15) is 9.78 Å². The third-order valence-electron chi connectivity index (χ3n) is 4.58. The zero-order chi connectivity index (χ0) is 22.0. The topological polar surface area (TPSA) is 86.7 Å². The maximum absolute atomic E-state index is 12.8. The van der Waals surface area contributed by atoms with E-state index in [4.69, 9.17) is 9.15 Å². The Morgan fingerprint density at radius 2 is 1.97 bits per heavy atom. The molecule has 8 heteroatoms. The number of fused-ring (bicyclic) bond motifs is 1. The van der Waals surface area contributed by atoms with E-state index < -0.39 is 0 Å². The van der Waals surface area contributed by atoms with Gasteiger partial charge in [0, 0.05) is 10.0 Å². The molecule has 0 radical (unpaired) electrons. The third-order valence-corrected chi connectivity index (χ3v) is 5.07. The number of nitrogens with zero attached hydrogens (tertiary/aromatic N) is 3. The second kappa shape index (κ2) is 8.69. The van der Waals surface area contributed by atoms with Crippen LogP contribution in [0, 0.1) is 6.92 Å². The zero-order valence-electron chi connectivity index (χ0n) is 16.8. The van der Waals surface area contributed by atoms with Crippen LogP contribution in [0.2, 0.25) is 0 Å². The smallest absolute Gasteiger partial charge is 0.338 e. The molecule has 0 fully saturated rings. The molecule has 7 nitrogen and oxygen atoms in total. The first-order chi connectivity index (χ1) is 15.0. The Morgan fingerprint density at radius 3 is 2.71 bits per heavy atom. The van der Waals surface area contributed by atoms with Crippen LogP contribution in [0.15, 0.2) is 73.4 Å². The summed E-state index contributed by atoms with van der Waals surface area (Å²) in [6.07, 6.45) is 1.47. The summed E-state index contributed by atoms with van der Waals surface area (Å²) < 4.78 is 12.8. The summed E-state index contributed by atoms with van der Waals surface area (Å²) in [5, 5.41) is 4.74. The van der Waals surface area contributed by atoms with E-state index in [9.17, 15) is 9.59 Å². The molecule has 0 atom stereocenters. The van der Waals surface area contributed by atoms with Gasteiger partial charge in [0.2, 0.25) is 0 Å². The molecule has 0 spiro atoms. The van der Waals surface area contributed by atoms with Crippen molar-refractivity contribution in [2.45, 2.75) is 13.8 Å². The van der Waals surface area contributed by atoms with Crippen molar-refractivity contribution < 1.29 is 13.9 Å². The van der Waals surface area contributed by atoms with Crippen molar-refractivity contribution in [2.24, 2.45) is 5.10 Å². The van der Waals surface area contributed by atoms with E-state index in [1.165, 1.54) is 10.9 Å². The van der Waals surface area contributed by atoms with Gasteiger partial charge in [-0.25, -0.2) is 9.78 Å². The minimum Gasteiger partial charge on any atom is -0.462 e. The largest absolute Gasteiger partial charge is 0.462 e. The van der Waals surface area contributed by atoms with Crippen molar-refractivity contribution in [1.82, 2.24) is 9.66 Å². The van der Waals surface area contributed by atoms with Crippen molar-refractivity contribution in [2.75, 3.05) is 6.61 Å². The highest BCUT2D eigenvalue weighted by molar-refractivity contribution is 9.10. The Kier molecular flexibility index (Phi) is 5.81. The molecule has 0 bridgehead atoms. The number of ether oxygens (including phenoxy) is 1. The number of furan rings is 1. The van der Waals surface area contributed by atoms with Gasteiger partial charge in [-0.1, -0.05) is 28.1 Å². The zero-order valence-corrected chi connectivity index (χ0v) is 18.4. The Morgan fingerprint density at radius 1 is 1.19 bits per heavy atom. The van der Waals surface area contributed by atoms with E-state index in [1.54, 1.807) is 62.4 Å². The molecular formula is C23H18BrN3O4. The number of rotatable bonds is 5. The van der Waals surface area contributed by atoms with Crippen molar-refractivity contribution in [3.63, 3.8) is 0 Å². The Bertz CT molecular complexity index is 1350. The summed E-state index contributed by atoms with van der Waals surface area (Å²) in [6.45, 7) is 3.81. The summed E-state index contributed by atoms with van der Waals surface area (Å²) >= 11 is 3.38. The van der Waals surface area contributed by atoms with Crippen LogP contribution in [0.1, 0.15) is 28.9 Å². The van der Waals surface area contributed by atoms with E-state index in [0.717, 1.165) is 10.0 Å². The molecule has 4 rings (SSSR count). The lowest BCUT2D eigenvalue weighted by Gasteiger charge is -2.05. The predicted molar refractivity (Wildman–Crippen MR) is 122 cm³/mol. The number of carbonyl (C=O) groups is 1. The molecule has 31 heavy (non-hydrogen) atoms. The van der Waals surface area contributed by atoms with E-state index in [0.29, 0.717) is 40.4 Å². The highest BCUT2D eigenvalue weighted by Gasteiger charge is 2.10. The SMILES string of the molecule is CCOC(=O)c1ccc(-c2ccc(C=Nn3c(C)nc4ccc(Br)cc4c3=O)o2)cc1. The van der Waals surface area contributed by atoms with E-state index in [2.05, 4.69) is 26.0 Å². The summed E-state index contributed by atoms with van der Waals surface area (Å²) in [5.74, 6) is 1.20.